The number of aliphatic imine (C=N–C) groups is 1. The Bertz CT molecular complexity index is 630. The van der Waals surface area contributed by atoms with Crippen LogP contribution in [-0.4, -0.2) is 71.5 Å². The van der Waals surface area contributed by atoms with Crippen LogP contribution in [0, 0.1) is 0 Å². The highest BCUT2D eigenvalue weighted by Gasteiger charge is 2.30. The first kappa shape index (κ1) is 19.2. The summed E-state index contributed by atoms with van der Waals surface area (Å²) in [6.45, 7) is 9.51. The average molecular weight is 380 g/mol. The number of alkyl carbamates (subject to hydrolysis) is 1. The van der Waals surface area contributed by atoms with E-state index in [0.717, 1.165) is 50.5 Å². The average Bonchev–Trinajstić information content (AvgIpc) is 2.98. The molecule has 3 aliphatic heterocycles. The van der Waals surface area contributed by atoms with Crippen molar-refractivity contribution in [1.29, 1.82) is 0 Å². The largest absolute Gasteiger partial charge is 0.444 e. The Balaban J connectivity index is 1.51. The number of fused-ring (bicyclic) bond motifs is 1. The molecular formula is C18H29N5O2S. The van der Waals surface area contributed by atoms with Crippen molar-refractivity contribution in [3.8, 4) is 0 Å². The molecule has 1 amide bonds. The number of nitrogens with zero attached hydrogens (tertiary/aromatic N) is 4. The zero-order chi connectivity index (χ0) is 18.7. The SMILES string of the molecule is CSC1=NC=NN2CCC(CN3CCC(NC(=O)OC(C)(C)C)CC3)=C12. The Labute approximate surface area is 159 Å². The first-order chi connectivity index (χ1) is 12.4. The fourth-order valence-electron chi connectivity index (χ4n) is 3.52. The van der Waals surface area contributed by atoms with Crippen molar-refractivity contribution < 1.29 is 9.53 Å². The van der Waals surface area contributed by atoms with Gasteiger partial charge in [0.15, 0.2) is 0 Å². The van der Waals surface area contributed by atoms with Gasteiger partial charge in [0.05, 0.1) is 5.70 Å². The second-order valence-electron chi connectivity index (χ2n) is 7.89. The van der Waals surface area contributed by atoms with Crippen LogP contribution in [0.5, 0.6) is 0 Å². The van der Waals surface area contributed by atoms with Crippen molar-refractivity contribution in [2.45, 2.75) is 51.7 Å². The van der Waals surface area contributed by atoms with E-state index in [1.807, 2.05) is 20.8 Å². The lowest BCUT2D eigenvalue weighted by molar-refractivity contribution is 0.0480. The molecule has 1 saturated heterocycles. The molecule has 0 unspecified atom stereocenters. The van der Waals surface area contributed by atoms with E-state index < -0.39 is 5.60 Å². The molecule has 1 fully saturated rings. The number of rotatable bonds is 3. The lowest BCUT2D eigenvalue weighted by atomic mass is 10.0. The van der Waals surface area contributed by atoms with Crippen LogP contribution in [0.2, 0.25) is 0 Å². The molecule has 144 valence electrons. The smallest absolute Gasteiger partial charge is 0.407 e. The van der Waals surface area contributed by atoms with Crippen LogP contribution >= 0.6 is 11.8 Å². The zero-order valence-corrected chi connectivity index (χ0v) is 16.9. The van der Waals surface area contributed by atoms with Gasteiger partial charge in [0.2, 0.25) is 0 Å². The van der Waals surface area contributed by atoms with Gasteiger partial charge in [-0.15, -0.1) is 11.8 Å². The van der Waals surface area contributed by atoms with E-state index in [0.29, 0.717) is 0 Å². The van der Waals surface area contributed by atoms with Crippen LogP contribution in [0.1, 0.15) is 40.0 Å². The lowest BCUT2D eigenvalue weighted by Crippen LogP contribution is -2.46. The predicted molar refractivity (Wildman–Crippen MR) is 107 cm³/mol. The van der Waals surface area contributed by atoms with Crippen molar-refractivity contribution in [3.05, 3.63) is 11.3 Å². The van der Waals surface area contributed by atoms with Gasteiger partial charge in [0.1, 0.15) is 17.0 Å². The van der Waals surface area contributed by atoms with Crippen LogP contribution in [0.3, 0.4) is 0 Å². The Hall–Kier alpha value is -1.54. The van der Waals surface area contributed by atoms with E-state index >= 15 is 0 Å². The molecule has 0 atom stereocenters. The maximum atomic E-state index is 11.9. The number of carbonyl (C=O) groups is 1. The van der Waals surface area contributed by atoms with E-state index in [1.54, 1.807) is 18.1 Å². The number of piperidine rings is 1. The summed E-state index contributed by atoms with van der Waals surface area (Å²) in [7, 11) is 0. The van der Waals surface area contributed by atoms with Gasteiger partial charge in [-0.25, -0.2) is 9.79 Å². The first-order valence-corrected chi connectivity index (χ1v) is 10.4. The summed E-state index contributed by atoms with van der Waals surface area (Å²) in [5, 5.41) is 10.5. The molecule has 0 spiro atoms. The van der Waals surface area contributed by atoms with Crippen LogP contribution in [0.4, 0.5) is 4.79 Å². The maximum absolute atomic E-state index is 11.9. The Morgan fingerprint density at radius 2 is 2.08 bits per heavy atom. The molecule has 0 radical (unpaired) electrons. The number of hydrogen-bond donors (Lipinski definition) is 1. The fourth-order valence-corrected chi connectivity index (χ4v) is 4.11. The van der Waals surface area contributed by atoms with Gasteiger partial charge in [-0.2, -0.15) is 5.10 Å². The normalized spacial score (nSPS) is 21.7. The Kier molecular flexibility index (Phi) is 5.92. The minimum absolute atomic E-state index is 0.196. The second kappa shape index (κ2) is 8.00. The van der Waals surface area contributed by atoms with Gasteiger partial charge in [-0.3, -0.25) is 9.91 Å². The fraction of sp³-hybridized carbons (Fsp3) is 0.722. The molecule has 0 bridgehead atoms. The number of carbonyl (C=O) groups excluding carboxylic acids is 1. The standard InChI is InChI=1S/C18H29N5O2S/c1-18(2,3)25-17(24)21-14-6-8-22(9-7-14)11-13-5-10-23-15(13)16(26-4)19-12-20-23/h12,14H,5-11H2,1-4H3,(H,21,24). The summed E-state index contributed by atoms with van der Waals surface area (Å²) in [5.74, 6) is 0. The number of hydrazone groups is 1. The number of nitrogens with one attached hydrogen (secondary N) is 1. The van der Waals surface area contributed by atoms with Crippen molar-refractivity contribution in [2.24, 2.45) is 10.1 Å². The number of ether oxygens (including phenoxy) is 1. The highest BCUT2D eigenvalue weighted by molar-refractivity contribution is 8.13. The van der Waals surface area contributed by atoms with Crippen molar-refractivity contribution >= 4 is 29.2 Å². The van der Waals surface area contributed by atoms with Gasteiger partial charge in [-0.1, -0.05) is 0 Å². The molecular weight excluding hydrogens is 350 g/mol. The summed E-state index contributed by atoms with van der Waals surface area (Å²) < 4.78 is 5.35. The van der Waals surface area contributed by atoms with Crippen LogP contribution in [0.25, 0.3) is 0 Å². The van der Waals surface area contributed by atoms with Crippen LogP contribution in [-0.2, 0) is 4.74 Å². The molecule has 3 aliphatic rings. The zero-order valence-electron chi connectivity index (χ0n) is 16.1. The Morgan fingerprint density at radius 1 is 1.35 bits per heavy atom. The molecule has 1 N–H and O–H groups in total. The van der Waals surface area contributed by atoms with Gasteiger partial charge in [-0.05, 0) is 51.9 Å². The molecule has 0 aliphatic carbocycles. The topological polar surface area (TPSA) is 69.5 Å². The minimum atomic E-state index is -0.452. The summed E-state index contributed by atoms with van der Waals surface area (Å²) in [5.41, 5.74) is 2.17. The Morgan fingerprint density at radius 3 is 2.73 bits per heavy atom. The third-order valence-corrected chi connectivity index (χ3v) is 5.39. The molecule has 3 rings (SSSR count). The maximum Gasteiger partial charge on any atom is 0.407 e. The quantitative estimate of drug-likeness (QED) is 0.816. The predicted octanol–water partition coefficient (Wildman–Crippen LogP) is 2.65. The van der Waals surface area contributed by atoms with Gasteiger partial charge >= 0.3 is 6.09 Å². The number of amides is 1. The molecule has 8 heteroatoms. The third kappa shape index (κ3) is 4.79. The summed E-state index contributed by atoms with van der Waals surface area (Å²) in [6.07, 6.45) is 6.34. The molecule has 26 heavy (non-hydrogen) atoms. The van der Waals surface area contributed by atoms with Crippen LogP contribution in [0.15, 0.2) is 21.4 Å². The van der Waals surface area contributed by atoms with Crippen LogP contribution < -0.4 is 5.32 Å². The molecule has 0 aromatic rings. The summed E-state index contributed by atoms with van der Waals surface area (Å²) in [6, 6.07) is 0.196. The highest BCUT2D eigenvalue weighted by atomic mass is 32.2. The van der Waals surface area contributed by atoms with E-state index in [-0.39, 0.29) is 12.1 Å². The van der Waals surface area contributed by atoms with E-state index in [1.165, 1.54) is 11.3 Å². The van der Waals surface area contributed by atoms with Gasteiger partial charge < -0.3 is 10.1 Å². The molecule has 3 heterocycles. The summed E-state index contributed by atoms with van der Waals surface area (Å²) in [4.78, 5) is 18.8. The van der Waals surface area contributed by atoms with Crippen molar-refractivity contribution in [3.63, 3.8) is 0 Å². The number of hydrogen-bond acceptors (Lipinski definition) is 7. The molecule has 7 nitrogen and oxygen atoms in total. The van der Waals surface area contributed by atoms with Gasteiger partial charge in [0.25, 0.3) is 0 Å². The monoisotopic (exact) mass is 379 g/mol. The van der Waals surface area contributed by atoms with E-state index in [2.05, 4.69) is 31.6 Å². The first-order valence-electron chi connectivity index (χ1n) is 9.22. The van der Waals surface area contributed by atoms with Gasteiger partial charge in [0, 0.05) is 32.2 Å². The molecule has 0 saturated carbocycles. The number of likely N-dealkylation sites (tertiary alicyclic amines) is 1. The minimum Gasteiger partial charge on any atom is -0.444 e. The van der Waals surface area contributed by atoms with E-state index in [9.17, 15) is 4.79 Å². The van der Waals surface area contributed by atoms with E-state index in [4.69, 9.17) is 4.74 Å². The summed E-state index contributed by atoms with van der Waals surface area (Å²) >= 11 is 1.68. The second-order valence-corrected chi connectivity index (χ2v) is 8.69. The van der Waals surface area contributed by atoms with Crippen molar-refractivity contribution in [2.75, 3.05) is 32.4 Å². The highest BCUT2D eigenvalue weighted by Crippen LogP contribution is 2.30. The third-order valence-electron chi connectivity index (χ3n) is 4.70. The molecule has 0 aromatic carbocycles. The number of thioether (sulfide) groups is 1. The lowest BCUT2D eigenvalue weighted by Gasteiger charge is -2.33. The molecule has 0 aromatic heterocycles. The van der Waals surface area contributed by atoms with Crippen molar-refractivity contribution in [1.82, 2.24) is 15.2 Å².